The van der Waals surface area contributed by atoms with Crippen LogP contribution < -0.4 is 5.73 Å². The quantitative estimate of drug-likeness (QED) is 0.780. The molecule has 0 aliphatic rings. The zero-order valence-corrected chi connectivity index (χ0v) is 8.99. The second kappa shape index (κ2) is 3.80. The predicted molar refractivity (Wildman–Crippen MR) is 57.7 cm³/mol. The molecule has 17 heavy (non-hydrogen) atoms. The van der Waals surface area contributed by atoms with Crippen LogP contribution in [0.2, 0.25) is 0 Å². The third kappa shape index (κ3) is 2.41. The third-order valence-corrected chi connectivity index (χ3v) is 2.25. The third-order valence-electron chi connectivity index (χ3n) is 2.25. The fourth-order valence-electron chi connectivity index (χ4n) is 1.49. The highest BCUT2D eigenvalue weighted by Gasteiger charge is 2.31. The predicted octanol–water partition coefficient (Wildman–Crippen LogP) is 2.78. The molecule has 0 radical (unpaired) electrons. The molecular formula is C11H10F3N3. The first kappa shape index (κ1) is 11.5. The number of nitrogens with two attached hydrogens (primary N) is 1. The van der Waals surface area contributed by atoms with E-state index in [9.17, 15) is 13.2 Å². The number of anilines is 1. The van der Waals surface area contributed by atoms with Crippen LogP contribution in [0.4, 0.5) is 18.9 Å². The lowest BCUT2D eigenvalue weighted by atomic mass is 10.1. The maximum Gasteiger partial charge on any atom is 0.416 e. The highest BCUT2D eigenvalue weighted by atomic mass is 19.4. The monoisotopic (exact) mass is 241 g/mol. The van der Waals surface area contributed by atoms with E-state index in [1.54, 1.807) is 19.2 Å². The normalized spacial score (nSPS) is 11.8. The van der Waals surface area contributed by atoms with Crippen LogP contribution >= 0.6 is 0 Å². The van der Waals surface area contributed by atoms with Gasteiger partial charge in [-0.05, 0) is 31.2 Å². The first-order valence-corrected chi connectivity index (χ1v) is 4.87. The molecular weight excluding hydrogens is 231 g/mol. The Hall–Kier alpha value is -1.98. The van der Waals surface area contributed by atoms with Crippen LogP contribution in [0, 0.1) is 6.92 Å². The van der Waals surface area contributed by atoms with Crippen molar-refractivity contribution in [2.75, 3.05) is 5.73 Å². The lowest BCUT2D eigenvalue weighted by molar-refractivity contribution is -0.137. The molecule has 1 heterocycles. The average molecular weight is 241 g/mol. The largest absolute Gasteiger partial charge is 0.416 e. The Bertz CT molecular complexity index is 543. The number of halogens is 3. The van der Waals surface area contributed by atoms with Gasteiger partial charge >= 0.3 is 6.18 Å². The molecule has 3 nitrogen and oxygen atoms in total. The van der Waals surface area contributed by atoms with Gasteiger partial charge in [-0.2, -0.15) is 18.3 Å². The summed E-state index contributed by atoms with van der Waals surface area (Å²) in [5.74, 6) is 0. The zero-order valence-electron chi connectivity index (χ0n) is 8.99. The SMILES string of the molecule is Cc1ccn(-c2cc(N)cc(C(F)(F)F)c2)n1. The van der Waals surface area contributed by atoms with E-state index in [2.05, 4.69) is 5.10 Å². The van der Waals surface area contributed by atoms with E-state index in [-0.39, 0.29) is 5.69 Å². The second-order valence-corrected chi connectivity index (χ2v) is 3.71. The molecule has 0 saturated heterocycles. The van der Waals surface area contributed by atoms with Crippen LogP contribution in [0.25, 0.3) is 5.69 Å². The summed E-state index contributed by atoms with van der Waals surface area (Å²) in [6.45, 7) is 1.76. The van der Waals surface area contributed by atoms with Gasteiger partial charge in [-0.3, -0.25) is 0 Å². The van der Waals surface area contributed by atoms with Crippen molar-refractivity contribution in [2.45, 2.75) is 13.1 Å². The van der Waals surface area contributed by atoms with Gasteiger partial charge in [0.2, 0.25) is 0 Å². The summed E-state index contributed by atoms with van der Waals surface area (Å²) in [7, 11) is 0. The van der Waals surface area contributed by atoms with Crippen molar-refractivity contribution in [1.29, 1.82) is 0 Å². The number of alkyl halides is 3. The molecule has 1 aromatic heterocycles. The van der Waals surface area contributed by atoms with Crippen LogP contribution in [-0.2, 0) is 6.18 Å². The highest BCUT2D eigenvalue weighted by Crippen LogP contribution is 2.32. The van der Waals surface area contributed by atoms with Gasteiger partial charge < -0.3 is 5.73 Å². The average Bonchev–Trinajstić information content (AvgIpc) is 2.62. The number of nitrogen functional groups attached to an aromatic ring is 1. The lowest BCUT2D eigenvalue weighted by Gasteiger charge is -2.10. The molecule has 0 unspecified atom stereocenters. The van der Waals surface area contributed by atoms with Crippen molar-refractivity contribution in [2.24, 2.45) is 0 Å². The Morgan fingerprint density at radius 1 is 1.24 bits per heavy atom. The standard InChI is InChI=1S/C11H10F3N3/c1-7-2-3-17(16-7)10-5-8(11(12,13)14)4-9(15)6-10/h2-6H,15H2,1H3. The maximum absolute atomic E-state index is 12.6. The Balaban J connectivity index is 2.52. The summed E-state index contributed by atoms with van der Waals surface area (Å²) in [6, 6.07) is 5.07. The number of hydrogen-bond donors (Lipinski definition) is 1. The van der Waals surface area contributed by atoms with Crippen molar-refractivity contribution >= 4 is 5.69 Å². The smallest absolute Gasteiger partial charge is 0.399 e. The molecule has 0 aliphatic heterocycles. The molecule has 0 atom stereocenters. The zero-order chi connectivity index (χ0) is 12.6. The Morgan fingerprint density at radius 2 is 1.94 bits per heavy atom. The summed E-state index contributed by atoms with van der Waals surface area (Å²) in [5, 5.41) is 4.04. The minimum Gasteiger partial charge on any atom is -0.399 e. The fourth-order valence-corrected chi connectivity index (χ4v) is 1.49. The van der Waals surface area contributed by atoms with Crippen LogP contribution in [0.3, 0.4) is 0 Å². The van der Waals surface area contributed by atoms with Crippen LogP contribution in [-0.4, -0.2) is 9.78 Å². The summed E-state index contributed by atoms with van der Waals surface area (Å²) in [5.41, 5.74) is 5.76. The molecule has 2 rings (SSSR count). The van der Waals surface area contributed by atoms with Crippen molar-refractivity contribution < 1.29 is 13.2 Å². The Kier molecular flexibility index (Phi) is 2.57. The number of aromatic nitrogens is 2. The molecule has 90 valence electrons. The Labute approximate surface area is 95.7 Å². The van der Waals surface area contributed by atoms with Gasteiger partial charge in [-0.25, -0.2) is 4.68 Å². The van der Waals surface area contributed by atoms with Crippen molar-refractivity contribution in [3.63, 3.8) is 0 Å². The van der Waals surface area contributed by atoms with Gasteiger partial charge in [-0.15, -0.1) is 0 Å². The molecule has 2 aromatic rings. The number of rotatable bonds is 1. The first-order valence-electron chi connectivity index (χ1n) is 4.87. The van der Waals surface area contributed by atoms with Gasteiger partial charge in [0.1, 0.15) is 0 Å². The van der Waals surface area contributed by atoms with E-state index in [0.29, 0.717) is 5.69 Å². The van der Waals surface area contributed by atoms with E-state index in [0.717, 1.165) is 17.8 Å². The summed E-state index contributed by atoms with van der Waals surface area (Å²) in [4.78, 5) is 0. The highest BCUT2D eigenvalue weighted by molar-refractivity contribution is 5.51. The first-order chi connectivity index (χ1) is 7.86. The van der Waals surface area contributed by atoms with Crippen LogP contribution in [0.1, 0.15) is 11.3 Å². The minimum absolute atomic E-state index is 0.0583. The molecule has 0 fully saturated rings. The van der Waals surface area contributed by atoms with Gasteiger partial charge in [0.15, 0.2) is 0 Å². The minimum atomic E-state index is -4.41. The van der Waals surface area contributed by atoms with Crippen LogP contribution in [0.15, 0.2) is 30.5 Å². The van der Waals surface area contributed by atoms with Crippen molar-refractivity contribution in [1.82, 2.24) is 9.78 Å². The van der Waals surface area contributed by atoms with Crippen molar-refractivity contribution in [3.05, 3.63) is 41.7 Å². The molecule has 0 amide bonds. The number of nitrogens with zero attached hydrogens (tertiary/aromatic N) is 2. The van der Waals surface area contributed by atoms with Crippen molar-refractivity contribution in [3.8, 4) is 5.69 Å². The number of hydrogen-bond acceptors (Lipinski definition) is 2. The fraction of sp³-hybridized carbons (Fsp3) is 0.182. The summed E-state index contributed by atoms with van der Waals surface area (Å²) < 4.78 is 39.1. The molecule has 0 spiro atoms. The number of aryl methyl sites for hydroxylation is 1. The molecule has 6 heteroatoms. The molecule has 0 saturated carbocycles. The molecule has 2 N–H and O–H groups in total. The molecule has 0 aliphatic carbocycles. The lowest BCUT2D eigenvalue weighted by Crippen LogP contribution is -2.08. The van der Waals surface area contributed by atoms with Gasteiger partial charge in [-0.1, -0.05) is 0 Å². The summed E-state index contributed by atoms with van der Waals surface area (Å²) >= 11 is 0. The van der Waals surface area contributed by atoms with E-state index >= 15 is 0 Å². The van der Waals surface area contributed by atoms with Gasteiger partial charge in [0.25, 0.3) is 0 Å². The van der Waals surface area contributed by atoms with E-state index in [1.165, 1.54) is 10.7 Å². The molecule has 0 bridgehead atoms. The summed E-state index contributed by atoms with van der Waals surface area (Å²) in [6.07, 6.45) is -2.82. The van der Waals surface area contributed by atoms with E-state index in [4.69, 9.17) is 5.73 Å². The maximum atomic E-state index is 12.6. The molecule has 1 aromatic carbocycles. The van der Waals surface area contributed by atoms with E-state index in [1.807, 2.05) is 0 Å². The Morgan fingerprint density at radius 3 is 2.47 bits per heavy atom. The second-order valence-electron chi connectivity index (χ2n) is 3.71. The number of benzene rings is 1. The van der Waals surface area contributed by atoms with Gasteiger partial charge in [0.05, 0.1) is 16.9 Å². The van der Waals surface area contributed by atoms with Crippen LogP contribution in [0.5, 0.6) is 0 Å². The topological polar surface area (TPSA) is 43.8 Å². The van der Waals surface area contributed by atoms with E-state index < -0.39 is 11.7 Å². The van der Waals surface area contributed by atoms with Gasteiger partial charge in [0, 0.05) is 11.9 Å².